The van der Waals surface area contributed by atoms with E-state index in [1.807, 2.05) is 65.8 Å². The summed E-state index contributed by atoms with van der Waals surface area (Å²) in [6, 6.07) is 8.84. The molecule has 1 atom stereocenters. The summed E-state index contributed by atoms with van der Waals surface area (Å²) in [7, 11) is -1.23. The van der Waals surface area contributed by atoms with Crippen LogP contribution in [-0.4, -0.2) is 38.4 Å². The molecule has 29 heavy (non-hydrogen) atoms. The molecule has 1 aromatic carbocycles. The molecule has 1 amide bonds. The number of hydrogen-bond donors (Lipinski definition) is 1. The zero-order chi connectivity index (χ0) is 22.5. The minimum atomic E-state index is -1.23. The highest BCUT2D eigenvalue weighted by atomic mass is 28.3. The van der Waals surface area contributed by atoms with Gasteiger partial charge in [-0.1, -0.05) is 43.9 Å². The Balaban J connectivity index is 2.65. The molecule has 5 nitrogen and oxygen atoms in total. The van der Waals surface area contributed by atoms with Crippen molar-refractivity contribution in [1.29, 1.82) is 0 Å². The van der Waals surface area contributed by atoms with Crippen molar-refractivity contribution in [3.05, 3.63) is 35.4 Å². The number of rotatable bonds is 8. The first-order valence-corrected chi connectivity index (χ1v) is 14.1. The van der Waals surface area contributed by atoms with Crippen molar-refractivity contribution in [3.63, 3.8) is 0 Å². The molecule has 1 aromatic rings. The molecule has 164 valence electrons. The van der Waals surface area contributed by atoms with Gasteiger partial charge in [0.25, 0.3) is 0 Å². The Labute approximate surface area is 177 Å². The number of benzene rings is 1. The van der Waals surface area contributed by atoms with E-state index < -0.39 is 25.2 Å². The van der Waals surface area contributed by atoms with E-state index in [0.717, 1.165) is 17.2 Å². The normalized spacial score (nSPS) is 13.6. The summed E-state index contributed by atoms with van der Waals surface area (Å²) in [5.74, 6) is -0.191. The third-order valence-corrected chi connectivity index (χ3v) is 6.28. The lowest BCUT2D eigenvalue weighted by atomic mass is 9.84. The Bertz CT molecular complexity index is 684. The third kappa shape index (κ3) is 9.48. The molecular weight excluding hydrogens is 382 g/mol. The van der Waals surface area contributed by atoms with Gasteiger partial charge in [-0.15, -0.1) is 0 Å². The van der Waals surface area contributed by atoms with Crippen molar-refractivity contribution in [2.24, 2.45) is 0 Å². The summed E-state index contributed by atoms with van der Waals surface area (Å²) in [4.78, 5) is 24.5. The Morgan fingerprint density at radius 2 is 1.59 bits per heavy atom. The van der Waals surface area contributed by atoms with E-state index in [0.29, 0.717) is 13.0 Å². The van der Waals surface area contributed by atoms with Gasteiger partial charge in [0.05, 0.1) is 12.0 Å². The number of amides is 1. The average Bonchev–Trinajstić information content (AvgIpc) is 2.51. The van der Waals surface area contributed by atoms with Gasteiger partial charge in [-0.05, 0) is 65.1 Å². The van der Waals surface area contributed by atoms with Crippen molar-refractivity contribution in [1.82, 2.24) is 5.32 Å². The molecule has 0 spiro atoms. The highest BCUT2D eigenvalue weighted by molar-refractivity contribution is 6.76. The zero-order valence-electron chi connectivity index (χ0n) is 19.6. The van der Waals surface area contributed by atoms with E-state index in [4.69, 9.17) is 9.47 Å². The lowest BCUT2D eigenvalue weighted by molar-refractivity contribution is -0.148. The zero-order valence-corrected chi connectivity index (χ0v) is 20.6. The Morgan fingerprint density at radius 1 is 1.03 bits per heavy atom. The van der Waals surface area contributed by atoms with Gasteiger partial charge in [0.15, 0.2) is 0 Å². The number of ether oxygens (including phenoxy) is 2. The van der Waals surface area contributed by atoms with Crippen LogP contribution in [0.25, 0.3) is 0 Å². The van der Waals surface area contributed by atoms with Crippen LogP contribution in [0.15, 0.2) is 24.3 Å². The van der Waals surface area contributed by atoms with Crippen LogP contribution >= 0.6 is 0 Å². The predicted molar refractivity (Wildman–Crippen MR) is 121 cm³/mol. The van der Waals surface area contributed by atoms with Gasteiger partial charge in [-0.2, -0.15) is 0 Å². The van der Waals surface area contributed by atoms with Gasteiger partial charge in [0.2, 0.25) is 0 Å². The Morgan fingerprint density at radius 3 is 2.07 bits per heavy atom. The summed E-state index contributed by atoms with van der Waals surface area (Å²) in [5.41, 5.74) is 0.797. The second-order valence-corrected chi connectivity index (χ2v) is 16.1. The van der Waals surface area contributed by atoms with Gasteiger partial charge < -0.3 is 14.8 Å². The maximum absolute atomic E-state index is 12.6. The molecule has 0 aliphatic carbocycles. The van der Waals surface area contributed by atoms with Gasteiger partial charge >= 0.3 is 12.1 Å². The molecule has 0 saturated heterocycles. The quantitative estimate of drug-likeness (QED) is 0.457. The van der Waals surface area contributed by atoms with Crippen LogP contribution in [0.4, 0.5) is 4.79 Å². The van der Waals surface area contributed by atoms with Gasteiger partial charge in [-0.3, -0.25) is 4.79 Å². The highest BCUT2D eigenvalue weighted by Gasteiger charge is 2.32. The molecule has 1 N–H and O–H groups in total. The second kappa shape index (κ2) is 9.79. The van der Waals surface area contributed by atoms with Crippen LogP contribution in [0.2, 0.25) is 25.7 Å². The van der Waals surface area contributed by atoms with Crippen LogP contribution in [0.5, 0.6) is 0 Å². The van der Waals surface area contributed by atoms with Crippen molar-refractivity contribution >= 4 is 20.1 Å². The lowest BCUT2D eigenvalue weighted by Gasteiger charge is -2.25. The summed E-state index contributed by atoms with van der Waals surface area (Å²) in [6.45, 7) is 18.5. The van der Waals surface area contributed by atoms with E-state index in [9.17, 15) is 9.59 Å². The van der Waals surface area contributed by atoms with Crippen LogP contribution in [0.3, 0.4) is 0 Å². The first-order chi connectivity index (χ1) is 13.1. The molecule has 6 heteroatoms. The summed E-state index contributed by atoms with van der Waals surface area (Å²) >= 11 is 0. The summed E-state index contributed by atoms with van der Waals surface area (Å²) < 4.78 is 10.8. The standard InChI is InChI=1S/C23H39NO4Si/c1-17(24-21(26)28-22(2,3)4)16-18-10-12-19(13-11-18)23(5,6)20(25)27-14-15-29(7,8)9/h10-13,17H,14-16H2,1-9H3,(H,24,26). The lowest BCUT2D eigenvalue weighted by Crippen LogP contribution is -2.38. The molecule has 0 bridgehead atoms. The average molecular weight is 422 g/mol. The molecule has 0 aromatic heterocycles. The molecule has 1 unspecified atom stereocenters. The van der Waals surface area contributed by atoms with Crippen molar-refractivity contribution in [3.8, 4) is 0 Å². The van der Waals surface area contributed by atoms with E-state index >= 15 is 0 Å². The minimum absolute atomic E-state index is 0.0600. The highest BCUT2D eigenvalue weighted by Crippen LogP contribution is 2.26. The second-order valence-electron chi connectivity index (χ2n) is 10.5. The van der Waals surface area contributed by atoms with Crippen molar-refractivity contribution in [2.45, 2.75) is 90.7 Å². The summed E-state index contributed by atoms with van der Waals surface area (Å²) in [6.07, 6.45) is 0.268. The van der Waals surface area contributed by atoms with Crippen LogP contribution in [0.1, 0.15) is 52.7 Å². The van der Waals surface area contributed by atoms with Gasteiger partial charge in [0.1, 0.15) is 5.60 Å². The molecule has 0 fully saturated rings. The number of carbonyl (C=O) groups is 2. The fraction of sp³-hybridized carbons (Fsp3) is 0.652. The smallest absolute Gasteiger partial charge is 0.407 e. The number of esters is 1. The summed E-state index contributed by atoms with van der Waals surface area (Å²) in [5, 5.41) is 2.85. The molecule has 0 aliphatic rings. The number of alkyl carbamates (subject to hydrolysis) is 1. The van der Waals surface area contributed by atoms with Crippen LogP contribution in [0, 0.1) is 0 Å². The molecule has 0 heterocycles. The van der Waals surface area contributed by atoms with E-state index in [2.05, 4.69) is 25.0 Å². The molecular formula is C23H39NO4Si. The largest absolute Gasteiger partial charge is 0.465 e. The van der Waals surface area contributed by atoms with E-state index in [-0.39, 0.29) is 12.0 Å². The molecule has 0 radical (unpaired) electrons. The number of carbonyl (C=O) groups excluding carboxylic acids is 2. The van der Waals surface area contributed by atoms with Crippen LogP contribution in [-0.2, 0) is 26.1 Å². The molecule has 0 saturated carbocycles. The fourth-order valence-electron chi connectivity index (χ4n) is 2.72. The third-order valence-electron chi connectivity index (χ3n) is 4.58. The van der Waals surface area contributed by atoms with Crippen molar-refractivity contribution in [2.75, 3.05) is 6.61 Å². The monoisotopic (exact) mass is 421 g/mol. The predicted octanol–water partition coefficient (Wildman–Crippen LogP) is 5.30. The van der Waals surface area contributed by atoms with Gasteiger partial charge in [-0.25, -0.2) is 4.79 Å². The molecule has 0 aliphatic heterocycles. The van der Waals surface area contributed by atoms with Crippen LogP contribution < -0.4 is 5.32 Å². The molecule has 1 rings (SSSR count). The Hall–Kier alpha value is -1.82. The fourth-order valence-corrected chi connectivity index (χ4v) is 3.43. The van der Waals surface area contributed by atoms with E-state index in [1.54, 1.807) is 0 Å². The van der Waals surface area contributed by atoms with Gasteiger partial charge in [0, 0.05) is 14.1 Å². The first kappa shape index (κ1) is 25.2. The maximum Gasteiger partial charge on any atom is 0.407 e. The topological polar surface area (TPSA) is 64.6 Å². The number of nitrogens with one attached hydrogen (secondary N) is 1. The number of hydrogen-bond acceptors (Lipinski definition) is 4. The maximum atomic E-state index is 12.6. The SMILES string of the molecule is CC(Cc1ccc(C(C)(C)C(=O)OCC[Si](C)(C)C)cc1)NC(=O)OC(C)(C)C. The Kier molecular flexibility index (Phi) is 8.51. The van der Waals surface area contributed by atoms with E-state index in [1.165, 1.54) is 0 Å². The van der Waals surface area contributed by atoms with Crippen molar-refractivity contribution < 1.29 is 19.1 Å². The minimum Gasteiger partial charge on any atom is -0.465 e. The first-order valence-electron chi connectivity index (χ1n) is 10.4.